The standard InChI is InChI=1S/C19H14FNOS/c20-17-8-4-3-7-16(17)19-21(18(22)12-23-19)15-10-9-13-5-1-2-6-14(13)11-15/h1-11,19H,12H2. The highest BCUT2D eigenvalue weighted by Gasteiger charge is 2.35. The molecule has 0 spiro atoms. The number of halogens is 1. The lowest BCUT2D eigenvalue weighted by atomic mass is 10.1. The van der Waals surface area contributed by atoms with Gasteiger partial charge in [-0.3, -0.25) is 9.69 Å². The molecule has 1 heterocycles. The molecule has 1 saturated heterocycles. The summed E-state index contributed by atoms with van der Waals surface area (Å²) in [6.45, 7) is 0. The molecule has 1 atom stereocenters. The van der Waals surface area contributed by atoms with Gasteiger partial charge in [0.1, 0.15) is 11.2 Å². The van der Waals surface area contributed by atoms with Crippen LogP contribution in [0.15, 0.2) is 66.7 Å². The first-order chi connectivity index (χ1) is 11.2. The molecule has 2 nitrogen and oxygen atoms in total. The summed E-state index contributed by atoms with van der Waals surface area (Å²) in [5.74, 6) is 0.107. The summed E-state index contributed by atoms with van der Waals surface area (Å²) < 4.78 is 14.2. The fourth-order valence-electron chi connectivity index (χ4n) is 2.94. The van der Waals surface area contributed by atoms with Crippen molar-refractivity contribution in [1.82, 2.24) is 0 Å². The van der Waals surface area contributed by atoms with E-state index in [1.54, 1.807) is 23.1 Å². The van der Waals surface area contributed by atoms with Crippen molar-refractivity contribution in [3.63, 3.8) is 0 Å². The Morgan fingerprint density at radius 1 is 0.957 bits per heavy atom. The molecule has 0 saturated carbocycles. The number of hydrogen-bond acceptors (Lipinski definition) is 2. The van der Waals surface area contributed by atoms with Crippen molar-refractivity contribution < 1.29 is 9.18 Å². The van der Waals surface area contributed by atoms with Crippen LogP contribution in [0.3, 0.4) is 0 Å². The summed E-state index contributed by atoms with van der Waals surface area (Å²) >= 11 is 1.46. The molecule has 0 bridgehead atoms. The quantitative estimate of drug-likeness (QED) is 0.678. The van der Waals surface area contributed by atoms with Crippen LogP contribution in [-0.4, -0.2) is 11.7 Å². The fraction of sp³-hybridized carbons (Fsp3) is 0.105. The van der Waals surface area contributed by atoms with Gasteiger partial charge in [-0.15, -0.1) is 11.8 Å². The van der Waals surface area contributed by atoms with Crippen LogP contribution in [0.4, 0.5) is 10.1 Å². The molecule has 0 radical (unpaired) electrons. The van der Waals surface area contributed by atoms with Gasteiger partial charge in [-0.05, 0) is 29.0 Å². The zero-order valence-electron chi connectivity index (χ0n) is 12.3. The zero-order chi connectivity index (χ0) is 15.8. The van der Waals surface area contributed by atoms with Gasteiger partial charge in [0.2, 0.25) is 5.91 Å². The van der Waals surface area contributed by atoms with Crippen LogP contribution in [-0.2, 0) is 4.79 Å². The van der Waals surface area contributed by atoms with Crippen molar-refractivity contribution in [2.24, 2.45) is 0 Å². The van der Waals surface area contributed by atoms with Crippen LogP contribution in [0.2, 0.25) is 0 Å². The molecule has 3 aromatic carbocycles. The number of anilines is 1. The molecule has 3 aromatic rings. The van der Waals surface area contributed by atoms with Gasteiger partial charge < -0.3 is 0 Å². The predicted molar refractivity (Wildman–Crippen MR) is 93.0 cm³/mol. The van der Waals surface area contributed by atoms with Crippen molar-refractivity contribution in [3.05, 3.63) is 78.1 Å². The Hall–Kier alpha value is -2.33. The number of carbonyl (C=O) groups excluding carboxylic acids is 1. The Labute approximate surface area is 137 Å². The minimum absolute atomic E-state index is 0.0125. The number of amides is 1. The monoisotopic (exact) mass is 323 g/mol. The molecule has 1 fully saturated rings. The number of rotatable bonds is 2. The van der Waals surface area contributed by atoms with Gasteiger partial charge in [0, 0.05) is 11.3 Å². The van der Waals surface area contributed by atoms with E-state index in [9.17, 15) is 9.18 Å². The van der Waals surface area contributed by atoms with Gasteiger partial charge in [-0.1, -0.05) is 48.5 Å². The molecule has 1 aliphatic heterocycles. The third-order valence-corrected chi connectivity index (χ3v) is 5.24. The van der Waals surface area contributed by atoms with Crippen LogP contribution >= 0.6 is 11.8 Å². The number of carbonyl (C=O) groups is 1. The number of nitrogens with zero attached hydrogens (tertiary/aromatic N) is 1. The van der Waals surface area contributed by atoms with Gasteiger partial charge in [-0.25, -0.2) is 4.39 Å². The van der Waals surface area contributed by atoms with Gasteiger partial charge in [0.25, 0.3) is 0 Å². The average Bonchev–Trinajstić information content (AvgIpc) is 2.96. The SMILES string of the molecule is O=C1CSC(c2ccccc2F)N1c1ccc2ccccc2c1. The van der Waals surface area contributed by atoms with Crippen LogP contribution in [0, 0.1) is 5.82 Å². The Morgan fingerprint density at radius 2 is 1.70 bits per heavy atom. The molecule has 23 heavy (non-hydrogen) atoms. The highest BCUT2D eigenvalue weighted by Crippen LogP contribution is 2.43. The Kier molecular flexibility index (Phi) is 3.54. The number of benzene rings is 3. The molecule has 1 unspecified atom stereocenters. The van der Waals surface area contributed by atoms with E-state index in [2.05, 4.69) is 0 Å². The van der Waals surface area contributed by atoms with E-state index in [4.69, 9.17) is 0 Å². The maximum Gasteiger partial charge on any atom is 0.238 e. The average molecular weight is 323 g/mol. The summed E-state index contributed by atoms with van der Waals surface area (Å²) in [7, 11) is 0. The molecular weight excluding hydrogens is 309 g/mol. The van der Waals surface area contributed by atoms with E-state index >= 15 is 0 Å². The molecule has 4 heteroatoms. The summed E-state index contributed by atoms with van der Waals surface area (Å²) in [6.07, 6.45) is 0. The van der Waals surface area contributed by atoms with Gasteiger partial charge >= 0.3 is 0 Å². The van der Waals surface area contributed by atoms with Crippen molar-refractivity contribution in [3.8, 4) is 0 Å². The molecule has 1 aliphatic rings. The molecular formula is C19H14FNOS. The highest BCUT2D eigenvalue weighted by atomic mass is 32.2. The molecule has 4 rings (SSSR count). The third kappa shape index (κ3) is 2.49. The predicted octanol–water partition coefficient (Wildman–Crippen LogP) is 4.76. The Bertz CT molecular complexity index is 895. The van der Waals surface area contributed by atoms with E-state index in [0.717, 1.165) is 16.5 Å². The van der Waals surface area contributed by atoms with Crippen LogP contribution in [0.25, 0.3) is 10.8 Å². The lowest BCUT2D eigenvalue weighted by Gasteiger charge is -2.25. The summed E-state index contributed by atoms with van der Waals surface area (Å²) in [5, 5.41) is 1.88. The summed E-state index contributed by atoms with van der Waals surface area (Å²) in [6, 6.07) is 20.6. The maximum atomic E-state index is 14.2. The number of hydrogen-bond donors (Lipinski definition) is 0. The van der Waals surface area contributed by atoms with Crippen LogP contribution in [0.5, 0.6) is 0 Å². The van der Waals surface area contributed by atoms with Gasteiger partial charge in [-0.2, -0.15) is 0 Å². The molecule has 114 valence electrons. The highest BCUT2D eigenvalue weighted by molar-refractivity contribution is 8.00. The van der Waals surface area contributed by atoms with E-state index < -0.39 is 0 Å². The lowest BCUT2D eigenvalue weighted by molar-refractivity contribution is -0.115. The fourth-order valence-corrected chi connectivity index (χ4v) is 4.13. The van der Waals surface area contributed by atoms with E-state index in [1.165, 1.54) is 17.8 Å². The minimum Gasteiger partial charge on any atom is -0.295 e. The van der Waals surface area contributed by atoms with Crippen molar-refractivity contribution >= 4 is 34.1 Å². The number of thioether (sulfide) groups is 1. The first-order valence-corrected chi connectivity index (χ1v) is 8.46. The molecule has 0 N–H and O–H groups in total. The van der Waals surface area contributed by atoms with Gasteiger partial charge in [0.05, 0.1) is 5.75 Å². The van der Waals surface area contributed by atoms with Crippen molar-refractivity contribution in [2.45, 2.75) is 5.37 Å². The second-order valence-corrected chi connectivity index (χ2v) is 6.55. The zero-order valence-corrected chi connectivity index (χ0v) is 13.1. The number of fused-ring (bicyclic) bond motifs is 1. The topological polar surface area (TPSA) is 20.3 Å². The van der Waals surface area contributed by atoms with Crippen LogP contribution in [0.1, 0.15) is 10.9 Å². The van der Waals surface area contributed by atoms with Crippen molar-refractivity contribution in [2.75, 3.05) is 10.7 Å². The molecule has 0 aliphatic carbocycles. The minimum atomic E-state index is -0.315. The largest absolute Gasteiger partial charge is 0.295 e. The van der Waals surface area contributed by atoms with Crippen LogP contribution < -0.4 is 4.90 Å². The first kappa shape index (κ1) is 14.3. The lowest BCUT2D eigenvalue weighted by Crippen LogP contribution is -2.28. The van der Waals surface area contributed by atoms with E-state index in [-0.39, 0.29) is 17.1 Å². The summed E-state index contributed by atoms with van der Waals surface area (Å²) in [5.41, 5.74) is 1.36. The molecule has 1 amide bonds. The first-order valence-electron chi connectivity index (χ1n) is 7.41. The van der Waals surface area contributed by atoms with E-state index in [0.29, 0.717) is 11.3 Å². The molecule has 0 aromatic heterocycles. The normalized spacial score (nSPS) is 17.9. The maximum absolute atomic E-state index is 14.2. The van der Waals surface area contributed by atoms with Gasteiger partial charge in [0.15, 0.2) is 0 Å². The second kappa shape index (κ2) is 5.70. The smallest absolute Gasteiger partial charge is 0.238 e. The Balaban J connectivity index is 1.80. The summed E-state index contributed by atoms with van der Waals surface area (Å²) in [4.78, 5) is 14.1. The van der Waals surface area contributed by atoms with E-state index in [1.807, 2.05) is 42.5 Å². The second-order valence-electron chi connectivity index (χ2n) is 5.48. The third-order valence-electron chi connectivity index (χ3n) is 4.05. The van der Waals surface area contributed by atoms with Crippen molar-refractivity contribution in [1.29, 1.82) is 0 Å². The Morgan fingerprint density at radius 3 is 2.52 bits per heavy atom.